The summed E-state index contributed by atoms with van der Waals surface area (Å²) in [6.45, 7) is 2.46. The molecule has 0 amide bonds. The molecule has 2 aromatic rings. The van der Waals surface area contributed by atoms with Gasteiger partial charge in [0.15, 0.2) is 0 Å². The predicted octanol–water partition coefficient (Wildman–Crippen LogP) is 2.84. The molecule has 0 saturated heterocycles. The Morgan fingerprint density at radius 2 is 2.12 bits per heavy atom. The monoisotopic (exact) mass is 269 g/mol. The van der Waals surface area contributed by atoms with Gasteiger partial charge in [0.2, 0.25) is 5.78 Å². The number of hydrogen-bond donors (Lipinski definition) is 0. The molecule has 4 nitrogen and oxygen atoms in total. The summed E-state index contributed by atoms with van der Waals surface area (Å²) in [5, 5.41) is 4.82. The van der Waals surface area contributed by atoms with Crippen molar-refractivity contribution in [1.29, 1.82) is 0 Å². The van der Waals surface area contributed by atoms with E-state index in [0.29, 0.717) is 28.0 Å². The van der Waals surface area contributed by atoms with Crippen molar-refractivity contribution < 1.29 is 4.79 Å². The highest BCUT2D eigenvalue weighted by molar-refractivity contribution is 6.34. The van der Waals surface area contributed by atoms with Crippen LogP contribution < -0.4 is 0 Å². The molecular weight excluding hydrogens is 261 g/mol. The average Bonchev–Trinajstić information content (AvgIpc) is 2.70. The standard InChI is InChI=1S/C11H9Cl2N3O/c1-2-16-10(8(13)6-15-16)11(17)9-4-3-7(12)5-14-9/h3-6H,2H2,1H3. The van der Waals surface area contributed by atoms with E-state index in [1.165, 1.54) is 12.4 Å². The Bertz CT molecular complexity index is 548. The topological polar surface area (TPSA) is 47.8 Å². The molecule has 0 radical (unpaired) electrons. The SMILES string of the molecule is CCn1ncc(Cl)c1C(=O)c1ccc(Cl)cn1. The number of rotatable bonds is 3. The molecule has 0 saturated carbocycles. The van der Waals surface area contributed by atoms with Crippen LogP contribution in [0.1, 0.15) is 23.1 Å². The first-order valence-electron chi connectivity index (χ1n) is 5.01. The Morgan fingerprint density at radius 3 is 2.71 bits per heavy atom. The summed E-state index contributed by atoms with van der Waals surface area (Å²) >= 11 is 11.7. The van der Waals surface area contributed by atoms with Crippen LogP contribution in [-0.4, -0.2) is 20.5 Å². The summed E-state index contributed by atoms with van der Waals surface area (Å²) in [5.74, 6) is -0.258. The summed E-state index contributed by atoms with van der Waals surface area (Å²) in [6, 6.07) is 3.18. The smallest absolute Gasteiger partial charge is 0.230 e. The number of halogens is 2. The Labute approximate surface area is 108 Å². The summed E-state index contributed by atoms with van der Waals surface area (Å²) in [7, 11) is 0. The van der Waals surface area contributed by atoms with Gasteiger partial charge in [-0.15, -0.1) is 0 Å². The number of hydrogen-bond acceptors (Lipinski definition) is 3. The molecule has 0 unspecified atom stereocenters. The van der Waals surface area contributed by atoms with Gasteiger partial charge in [0.1, 0.15) is 11.4 Å². The van der Waals surface area contributed by atoms with Crippen LogP contribution in [0.25, 0.3) is 0 Å². The van der Waals surface area contributed by atoms with Gasteiger partial charge in [-0.2, -0.15) is 5.10 Å². The van der Waals surface area contributed by atoms with Crippen molar-refractivity contribution in [3.05, 3.63) is 46.0 Å². The van der Waals surface area contributed by atoms with E-state index in [0.717, 1.165) is 0 Å². The van der Waals surface area contributed by atoms with Gasteiger partial charge in [-0.1, -0.05) is 23.2 Å². The number of aryl methyl sites for hydroxylation is 1. The van der Waals surface area contributed by atoms with Gasteiger partial charge >= 0.3 is 0 Å². The van der Waals surface area contributed by atoms with Crippen LogP contribution >= 0.6 is 23.2 Å². The molecule has 6 heteroatoms. The van der Waals surface area contributed by atoms with Crippen LogP contribution in [-0.2, 0) is 6.54 Å². The van der Waals surface area contributed by atoms with Gasteiger partial charge in [-0.3, -0.25) is 14.5 Å². The zero-order valence-electron chi connectivity index (χ0n) is 9.02. The van der Waals surface area contributed by atoms with Crippen LogP contribution in [0, 0.1) is 0 Å². The maximum Gasteiger partial charge on any atom is 0.230 e. The fraction of sp³-hybridized carbons (Fsp3) is 0.182. The second kappa shape index (κ2) is 4.85. The molecule has 2 rings (SSSR count). The lowest BCUT2D eigenvalue weighted by Crippen LogP contribution is -2.12. The molecular formula is C11H9Cl2N3O. The Hall–Kier alpha value is -1.39. The molecule has 2 aromatic heterocycles. The third kappa shape index (κ3) is 2.33. The minimum Gasteiger partial charge on any atom is -0.285 e. The van der Waals surface area contributed by atoms with Gasteiger partial charge in [0.05, 0.1) is 16.2 Å². The molecule has 2 heterocycles. The lowest BCUT2D eigenvalue weighted by Gasteiger charge is -2.04. The summed E-state index contributed by atoms with van der Waals surface area (Å²) in [6.07, 6.45) is 2.88. The average molecular weight is 270 g/mol. The lowest BCUT2D eigenvalue weighted by molar-refractivity contribution is 0.102. The zero-order chi connectivity index (χ0) is 12.4. The molecule has 0 fully saturated rings. The van der Waals surface area contributed by atoms with E-state index in [2.05, 4.69) is 10.1 Å². The first-order chi connectivity index (χ1) is 8.13. The molecule has 88 valence electrons. The quantitative estimate of drug-likeness (QED) is 0.806. The second-order valence-corrected chi connectivity index (χ2v) is 4.19. The van der Waals surface area contributed by atoms with Gasteiger partial charge in [0, 0.05) is 12.7 Å². The van der Waals surface area contributed by atoms with Crippen molar-refractivity contribution in [2.24, 2.45) is 0 Å². The maximum atomic E-state index is 12.2. The number of nitrogens with zero attached hydrogens (tertiary/aromatic N) is 3. The second-order valence-electron chi connectivity index (χ2n) is 3.35. The van der Waals surface area contributed by atoms with Crippen LogP contribution in [0.2, 0.25) is 10.0 Å². The largest absolute Gasteiger partial charge is 0.285 e. The number of carbonyl (C=O) groups is 1. The molecule has 0 aliphatic rings. The zero-order valence-corrected chi connectivity index (χ0v) is 10.5. The first kappa shape index (κ1) is 12.1. The molecule has 0 aromatic carbocycles. The van der Waals surface area contributed by atoms with E-state index in [4.69, 9.17) is 23.2 Å². The van der Waals surface area contributed by atoms with E-state index < -0.39 is 0 Å². The Kier molecular flexibility index (Phi) is 3.45. The maximum absolute atomic E-state index is 12.2. The predicted molar refractivity (Wildman–Crippen MR) is 65.6 cm³/mol. The van der Waals surface area contributed by atoms with E-state index in [1.54, 1.807) is 16.8 Å². The number of aromatic nitrogens is 3. The molecule has 0 bridgehead atoms. The van der Waals surface area contributed by atoms with Crippen LogP contribution in [0.4, 0.5) is 0 Å². The van der Waals surface area contributed by atoms with Crippen molar-refractivity contribution in [2.75, 3.05) is 0 Å². The molecule has 0 aliphatic heterocycles. The van der Waals surface area contributed by atoms with Crippen molar-refractivity contribution in [3.63, 3.8) is 0 Å². The summed E-state index contributed by atoms with van der Waals surface area (Å²) in [4.78, 5) is 16.1. The minimum absolute atomic E-state index is 0.258. The lowest BCUT2D eigenvalue weighted by atomic mass is 10.2. The van der Waals surface area contributed by atoms with Gasteiger partial charge in [-0.25, -0.2) is 0 Å². The molecule has 0 atom stereocenters. The van der Waals surface area contributed by atoms with E-state index in [9.17, 15) is 4.79 Å². The van der Waals surface area contributed by atoms with E-state index in [-0.39, 0.29) is 5.78 Å². The summed E-state index contributed by atoms with van der Waals surface area (Å²) in [5.41, 5.74) is 0.649. The van der Waals surface area contributed by atoms with Gasteiger partial charge in [-0.05, 0) is 19.1 Å². The number of carbonyl (C=O) groups excluding carboxylic acids is 1. The minimum atomic E-state index is -0.258. The Morgan fingerprint density at radius 1 is 1.35 bits per heavy atom. The van der Waals surface area contributed by atoms with E-state index >= 15 is 0 Å². The van der Waals surface area contributed by atoms with Crippen molar-refractivity contribution >= 4 is 29.0 Å². The van der Waals surface area contributed by atoms with Crippen molar-refractivity contribution in [2.45, 2.75) is 13.5 Å². The molecule has 0 N–H and O–H groups in total. The Balaban J connectivity index is 2.43. The summed E-state index contributed by atoms with van der Waals surface area (Å²) < 4.78 is 1.54. The van der Waals surface area contributed by atoms with Crippen molar-refractivity contribution in [1.82, 2.24) is 14.8 Å². The molecule has 0 aliphatic carbocycles. The fourth-order valence-corrected chi connectivity index (χ4v) is 1.80. The number of ketones is 1. The van der Waals surface area contributed by atoms with Crippen molar-refractivity contribution in [3.8, 4) is 0 Å². The van der Waals surface area contributed by atoms with Crippen LogP contribution in [0.3, 0.4) is 0 Å². The first-order valence-corrected chi connectivity index (χ1v) is 5.76. The highest BCUT2D eigenvalue weighted by atomic mass is 35.5. The third-order valence-electron chi connectivity index (χ3n) is 2.27. The van der Waals surface area contributed by atoms with Crippen LogP contribution in [0.5, 0.6) is 0 Å². The van der Waals surface area contributed by atoms with Crippen LogP contribution in [0.15, 0.2) is 24.5 Å². The highest BCUT2D eigenvalue weighted by Crippen LogP contribution is 2.19. The molecule has 0 spiro atoms. The van der Waals surface area contributed by atoms with Gasteiger partial charge < -0.3 is 0 Å². The van der Waals surface area contributed by atoms with Gasteiger partial charge in [0.25, 0.3) is 0 Å². The van der Waals surface area contributed by atoms with E-state index in [1.807, 2.05) is 6.92 Å². The number of pyridine rings is 1. The third-order valence-corrected chi connectivity index (χ3v) is 2.77. The molecule has 17 heavy (non-hydrogen) atoms. The highest BCUT2D eigenvalue weighted by Gasteiger charge is 2.19. The normalized spacial score (nSPS) is 10.5. The fourth-order valence-electron chi connectivity index (χ4n) is 1.46.